The van der Waals surface area contributed by atoms with Crippen LogP contribution in [0.2, 0.25) is 0 Å². The lowest BCUT2D eigenvalue weighted by Gasteiger charge is -2.20. The first-order valence-corrected chi connectivity index (χ1v) is 5.91. The highest BCUT2D eigenvalue weighted by Gasteiger charge is 2.48. The minimum absolute atomic E-state index is 0.561. The highest BCUT2D eigenvalue weighted by molar-refractivity contribution is 5.89. The van der Waals surface area contributed by atoms with E-state index >= 15 is 0 Å². The Bertz CT molecular complexity index is 653. The maximum absolute atomic E-state index is 11.1. The van der Waals surface area contributed by atoms with E-state index in [1.165, 1.54) is 6.08 Å². The molecule has 0 saturated heterocycles. The third-order valence-corrected chi connectivity index (χ3v) is 2.83. The van der Waals surface area contributed by atoms with Crippen molar-refractivity contribution in [2.75, 3.05) is 0 Å². The van der Waals surface area contributed by atoms with Crippen molar-refractivity contribution in [3.63, 3.8) is 0 Å². The first-order valence-electron chi connectivity index (χ1n) is 5.91. The molecule has 2 unspecified atom stereocenters. The van der Waals surface area contributed by atoms with Gasteiger partial charge < -0.3 is 10.2 Å². The van der Waals surface area contributed by atoms with Gasteiger partial charge in [0, 0.05) is 6.08 Å². The summed E-state index contributed by atoms with van der Waals surface area (Å²) in [5.74, 6) is -1.58. The van der Waals surface area contributed by atoms with Crippen molar-refractivity contribution in [2.24, 2.45) is 10.2 Å². The standard InChI is InChI=1S/C13H11N3O5/c17-12(18)11-8-10(6-7-13(11,19)16(20)21)15-14-9-4-2-1-3-5-9/h1-8,10,19H,(H,17,18)/b15-14+. The van der Waals surface area contributed by atoms with Gasteiger partial charge in [-0.15, -0.1) is 0 Å². The number of azo groups is 1. The van der Waals surface area contributed by atoms with Crippen LogP contribution in [-0.2, 0) is 4.79 Å². The summed E-state index contributed by atoms with van der Waals surface area (Å²) in [6.45, 7) is 0. The molecule has 0 amide bonds. The Kier molecular flexibility index (Phi) is 3.90. The molecule has 0 aliphatic heterocycles. The fraction of sp³-hybridized carbons (Fsp3) is 0.154. The molecule has 8 heteroatoms. The van der Waals surface area contributed by atoms with E-state index in [1.807, 2.05) is 0 Å². The fourth-order valence-corrected chi connectivity index (χ4v) is 1.76. The van der Waals surface area contributed by atoms with Gasteiger partial charge in [0.2, 0.25) is 0 Å². The van der Waals surface area contributed by atoms with E-state index in [1.54, 1.807) is 30.3 Å². The number of aliphatic carboxylic acids is 1. The minimum Gasteiger partial charge on any atom is -0.478 e. The second-order valence-electron chi connectivity index (χ2n) is 4.27. The topological polar surface area (TPSA) is 125 Å². The molecule has 108 valence electrons. The second kappa shape index (κ2) is 5.63. The first-order chi connectivity index (χ1) is 9.93. The quantitative estimate of drug-likeness (QED) is 0.287. The second-order valence-corrected chi connectivity index (χ2v) is 4.27. The smallest absolute Gasteiger partial charge is 0.375 e. The highest BCUT2D eigenvalue weighted by atomic mass is 16.7. The lowest BCUT2D eigenvalue weighted by Crippen LogP contribution is -2.43. The summed E-state index contributed by atoms with van der Waals surface area (Å²) >= 11 is 0. The molecule has 8 nitrogen and oxygen atoms in total. The van der Waals surface area contributed by atoms with Crippen molar-refractivity contribution in [2.45, 2.75) is 11.8 Å². The first kappa shape index (κ1) is 14.5. The van der Waals surface area contributed by atoms with E-state index in [0.717, 1.165) is 12.2 Å². The van der Waals surface area contributed by atoms with Crippen molar-refractivity contribution in [1.82, 2.24) is 0 Å². The zero-order chi connectivity index (χ0) is 15.5. The van der Waals surface area contributed by atoms with Crippen molar-refractivity contribution in [3.8, 4) is 0 Å². The summed E-state index contributed by atoms with van der Waals surface area (Å²) in [4.78, 5) is 20.8. The monoisotopic (exact) mass is 289 g/mol. The van der Waals surface area contributed by atoms with Crippen LogP contribution in [0.3, 0.4) is 0 Å². The van der Waals surface area contributed by atoms with Crippen molar-refractivity contribution in [1.29, 1.82) is 0 Å². The van der Waals surface area contributed by atoms with Gasteiger partial charge in [-0.2, -0.15) is 10.2 Å². The van der Waals surface area contributed by atoms with Gasteiger partial charge in [-0.1, -0.05) is 18.2 Å². The van der Waals surface area contributed by atoms with Gasteiger partial charge in [0.15, 0.2) is 0 Å². The average Bonchev–Trinajstić information content (AvgIpc) is 2.47. The maximum atomic E-state index is 11.1. The zero-order valence-electron chi connectivity index (χ0n) is 10.7. The summed E-state index contributed by atoms with van der Waals surface area (Å²) in [6.07, 6.45) is 3.02. The molecule has 0 saturated carbocycles. The van der Waals surface area contributed by atoms with Gasteiger partial charge in [0.05, 0.1) is 10.6 Å². The van der Waals surface area contributed by atoms with Gasteiger partial charge in [-0.05, 0) is 24.3 Å². The number of hydrogen-bond donors (Lipinski definition) is 2. The summed E-state index contributed by atoms with van der Waals surface area (Å²) in [5, 5.41) is 37.4. The van der Waals surface area contributed by atoms with Crippen LogP contribution in [-0.4, -0.2) is 32.9 Å². The predicted octanol–water partition coefficient (Wildman–Crippen LogP) is 1.68. The lowest BCUT2D eigenvalue weighted by atomic mass is 9.95. The lowest BCUT2D eigenvalue weighted by molar-refractivity contribution is -0.594. The largest absolute Gasteiger partial charge is 0.478 e. The third kappa shape index (κ3) is 3.00. The molecule has 2 atom stereocenters. The number of benzene rings is 1. The van der Waals surface area contributed by atoms with Gasteiger partial charge in [-0.25, -0.2) is 4.79 Å². The molecule has 0 bridgehead atoms. The summed E-state index contributed by atoms with van der Waals surface area (Å²) in [7, 11) is 0. The van der Waals surface area contributed by atoms with Crippen LogP contribution in [0.25, 0.3) is 0 Å². The van der Waals surface area contributed by atoms with Gasteiger partial charge >= 0.3 is 11.7 Å². The minimum atomic E-state index is -2.75. The molecule has 0 heterocycles. The molecule has 2 rings (SSSR count). The van der Waals surface area contributed by atoms with E-state index in [2.05, 4.69) is 10.2 Å². The van der Waals surface area contributed by atoms with Crippen LogP contribution in [0.5, 0.6) is 0 Å². The number of aliphatic hydroxyl groups is 1. The van der Waals surface area contributed by atoms with Crippen molar-refractivity contribution in [3.05, 3.63) is 64.2 Å². The maximum Gasteiger partial charge on any atom is 0.375 e. The Balaban J connectivity index is 2.27. The van der Waals surface area contributed by atoms with Crippen LogP contribution in [0.15, 0.2) is 64.4 Å². The summed E-state index contributed by atoms with van der Waals surface area (Å²) in [6, 6.07) is 7.93. The molecule has 1 aromatic carbocycles. The fourth-order valence-electron chi connectivity index (χ4n) is 1.76. The number of carbonyl (C=O) groups is 1. The molecule has 0 fully saturated rings. The Morgan fingerprint density at radius 1 is 1.33 bits per heavy atom. The third-order valence-electron chi connectivity index (χ3n) is 2.83. The number of nitro groups is 1. The summed E-state index contributed by atoms with van der Waals surface area (Å²) in [5.41, 5.74) is -2.94. The van der Waals surface area contributed by atoms with Crippen molar-refractivity contribution < 1.29 is 19.9 Å². The van der Waals surface area contributed by atoms with Crippen LogP contribution in [0, 0.1) is 10.1 Å². The molecule has 21 heavy (non-hydrogen) atoms. The summed E-state index contributed by atoms with van der Waals surface area (Å²) < 4.78 is 0. The molecule has 0 radical (unpaired) electrons. The molecule has 1 aromatic rings. The number of nitrogens with zero attached hydrogens (tertiary/aromatic N) is 3. The van der Waals surface area contributed by atoms with E-state index in [4.69, 9.17) is 5.11 Å². The van der Waals surface area contributed by atoms with E-state index < -0.39 is 28.2 Å². The Labute approximate surface area is 118 Å². The number of carboxylic acid groups (broad SMARTS) is 1. The Morgan fingerprint density at radius 2 is 2.00 bits per heavy atom. The van der Waals surface area contributed by atoms with Gasteiger partial charge in [0.25, 0.3) is 0 Å². The zero-order valence-corrected chi connectivity index (χ0v) is 10.7. The molecule has 0 spiro atoms. The number of rotatable bonds is 4. The average molecular weight is 289 g/mol. The highest BCUT2D eigenvalue weighted by Crippen LogP contribution is 2.26. The normalized spacial score (nSPS) is 24.8. The van der Waals surface area contributed by atoms with Crippen LogP contribution in [0.1, 0.15) is 0 Å². The SMILES string of the molecule is O=C(O)C1=CC(/N=N/c2ccccc2)C=CC1(O)[N+](=O)[O-]. The molecule has 2 N–H and O–H groups in total. The Hall–Kier alpha value is -2.87. The van der Waals surface area contributed by atoms with E-state index in [0.29, 0.717) is 5.69 Å². The van der Waals surface area contributed by atoms with Crippen LogP contribution >= 0.6 is 0 Å². The van der Waals surface area contributed by atoms with Crippen LogP contribution in [0.4, 0.5) is 5.69 Å². The molecule has 0 aromatic heterocycles. The van der Waals surface area contributed by atoms with Gasteiger partial charge in [-0.3, -0.25) is 10.1 Å². The molecular formula is C13H11N3O5. The molecule has 1 aliphatic rings. The van der Waals surface area contributed by atoms with E-state index in [9.17, 15) is 20.0 Å². The Morgan fingerprint density at radius 3 is 2.57 bits per heavy atom. The van der Waals surface area contributed by atoms with Crippen LogP contribution < -0.4 is 0 Å². The number of carboxylic acids is 1. The predicted molar refractivity (Wildman–Crippen MR) is 71.5 cm³/mol. The van der Waals surface area contributed by atoms with E-state index in [-0.39, 0.29) is 0 Å². The van der Waals surface area contributed by atoms with Crippen molar-refractivity contribution >= 4 is 11.7 Å². The molecule has 1 aliphatic carbocycles. The molecular weight excluding hydrogens is 278 g/mol. The van der Waals surface area contributed by atoms with Gasteiger partial charge in [0.1, 0.15) is 11.6 Å². The number of hydrogen-bond acceptors (Lipinski definition) is 6.